The number of pyridine rings is 1. The van der Waals surface area contributed by atoms with Crippen LogP contribution in [0.4, 0.5) is 17.5 Å². The maximum atomic E-state index is 12.9. The van der Waals surface area contributed by atoms with Crippen molar-refractivity contribution in [1.29, 1.82) is 0 Å². The lowest BCUT2D eigenvalue weighted by Crippen LogP contribution is -2.49. The van der Waals surface area contributed by atoms with Crippen molar-refractivity contribution < 1.29 is 4.79 Å². The molecule has 7 nitrogen and oxygen atoms in total. The van der Waals surface area contributed by atoms with E-state index in [0.29, 0.717) is 18.9 Å². The molecule has 1 aliphatic rings. The van der Waals surface area contributed by atoms with Crippen LogP contribution in [0.3, 0.4) is 0 Å². The minimum Gasteiger partial charge on any atom is -0.353 e. The van der Waals surface area contributed by atoms with Gasteiger partial charge in [0, 0.05) is 44.0 Å². The molecule has 1 fully saturated rings. The van der Waals surface area contributed by atoms with Crippen LogP contribution in [0.1, 0.15) is 36.7 Å². The lowest BCUT2D eigenvalue weighted by atomic mass is 9.86. The number of benzene rings is 1. The zero-order chi connectivity index (χ0) is 21.8. The summed E-state index contributed by atoms with van der Waals surface area (Å²) in [5.41, 5.74) is 2.05. The summed E-state index contributed by atoms with van der Waals surface area (Å²) in [4.78, 5) is 30.0. The second kappa shape index (κ2) is 8.71. The Labute approximate surface area is 183 Å². The van der Waals surface area contributed by atoms with Crippen LogP contribution >= 0.6 is 0 Å². The van der Waals surface area contributed by atoms with Crippen LogP contribution in [-0.2, 0) is 5.41 Å². The zero-order valence-corrected chi connectivity index (χ0v) is 18.2. The molecule has 0 aliphatic carbocycles. The summed E-state index contributed by atoms with van der Waals surface area (Å²) in [6.45, 7) is 9.30. The predicted molar refractivity (Wildman–Crippen MR) is 123 cm³/mol. The second-order valence-electron chi connectivity index (χ2n) is 8.71. The summed E-state index contributed by atoms with van der Waals surface area (Å²) < 4.78 is 0. The minimum absolute atomic E-state index is 0.0784. The van der Waals surface area contributed by atoms with E-state index in [1.54, 1.807) is 12.5 Å². The fourth-order valence-corrected chi connectivity index (χ4v) is 3.59. The summed E-state index contributed by atoms with van der Waals surface area (Å²) in [5, 5.41) is 3.19. The van der Waals surface area contributed by atoms with E-state index in [2.05, 4.69) is 58.1 Å². The summed E-state index contributed by atoms with van der Waals surface area (Å²) in [5.74, 6) is 2.36. The lowest BCUT2D eigenvalue weighted by molar-refractivity contribution is 0.0746. The van der Waals surface area contributed by atoms with E-state index >= 15 is 0 Å². The first-order chi connectivity index (χ1) is 14.9. The molecule has 0 spiro atoms. The molecule has 1 amide bonds. The van der Waals surface area contributed by atoms with Gasteiger partial charge in [0.05, 0.1) is 0 Å². The van der Waals surface area contributed by atoms with Gasteiger partial charge in [0.2, 0.25) is 0 Å². The van der Waals surface area contributed by atoms with Gasteiger partial charge in [0.25, 0.3) is 5.91 Å². The van der Waals surface area contributed by atoms with Crippen LogP contribution in [0.25, 0.3) is 0 Å². The first-order valence-corrected chi connectivity index (χ1v) is 10.5. The zero-order valence-electron chi connectivity index (χ0n) is 18.2. The van der Waals surface area contributed by atoms with Gasteiger partial charge in [-0.15, -0.1) is 0 Å². The van der Waals surface area contributed by atoms with Crippen LogP contribution in [0, 0.1) is 0 Å². The van der Waals surface area contributed by atoms with Gasteiger partial charge in [-0.1, -0.05) is 39.0 Å². The van der Waals surface area contributed by atoms with E-state index in [0.717, 1.165) is 30.3 Å². The van der Waals surface area contributed by atoms with Crippen molar-refractivity contribution in [1.82, 2.24) is 19.9 Å². The van der Waals surface area contributed by atoms with E-state index in [1.807, 2.05) is 41.3 Å². The maximum Gasteiger partial charge on any atom is 0.253 e. The fraction of sp³-hybridized carbons (Fsp3) is 0.333. The second-order valence-corrected chi connectivity index (χ2v) is 8.71. The highest BCUT2D eigenvalue weighted by atomic mass is 16.2. The summed E-state index contributed by atoms with van der Waals surface area (Å²) in [6, 6.07) is 15.6. The summed E-state index contributed by atoms with van der Waals surface area (Å²) in [7, 11) is 0. The first-order valence-electron chi connectivity index (χ1n) is 10.5. The smallest absolute Gasteiger partial charge is 0.253 e. The van der Waals surface area contributed by atoms with Gasteiger partial charge in [-0.2, -0.15) is 0 Å². The molecule has 160 valence electrons. The van der Waals surface area contributed by atoms with E-state index in [-0.39, 0.29) is 11.3 Å². The first kappa shape index (κ1) is 20.8. The Hall–Kier alpha value is -3.48. The SMILES string of the molecule is CC(C)(C)c1ccc(C(=O)N2CCN(c3cc(Nc4ccccn4)ncn3)CC2)cc1. The highest BCUT2D eigenvalue weighted by Gasteiger charge is 2.23. The molecule has 0 saturated carbocycles. The molecule has 1 aliphatic heterocycles. The Morgan fingerprint density at radius 1 is 0.903 bits per heavy atom. The quantitative estimate of drug-likeness (QED) is 0.696. The van der Waals surface area contributed by atoms with Crippen LogP contribution in [0.15, 0.2) is 61.1 Å². The number of hydrogen-bond acceptors (Lipinski definition) is 6. The third-order valence-corrected chi connectivity index (χ3v) is 5.46. The molecular weight excluding hydrogens is 388 g/mol. The van der Waals surface area contributed by atoms with Crippen LogP contribution in [0.2, 0.25) is 0 Å². The number of nitrogens with zero attached hydrogens (tertiary/aromatic N) is 5. The lowest BCUT2D eigenvalue weighted by Gasteiger charge is -2.35. The number of carbonyl (C=O) groups is 1. The number of nitrogens with one attached hydrogen (secondary N) is 1. The van der Waals surface area contributed by atoms with Gasteiger partial charge in [-0.3, -0.25) is 4.79 Å². The summed E-state index contributed by atoms with van der Waals surface area (Å²) in [6.07, 6.45) is 3.28. The van der Waals surface area contributed by atoms with Gasteiger partial charge in [0.15, 0.2) is 0 Å². The molecule has 1 aromatic carbocycles. The van der Waals surface area contributed by atoms with Crippen molar-refractivity contribution in [3.8, 4) is 0 Å². The van der Waals surface area contributed by atoms with Crippen molar-refractivity contribution in [3.63, 3.8) is 0 Å². The molecule has 0 bridgehead atoms. The van der Waals surface area contributed by atoms with Crippen LogP contribution < -0.4 is 10.2 Å². The van der Waals surface area contributed by atoms with E-state index in [9.17, 15) is 4.79 Å². The summed E-state index contributed by atoms with van der Waals surface area (Å²) >= 11 is 0. The number of anilines is 3. The Morgan fingerprint density at radius 2 is 1.65 bits per heavy atom. The number of rotatable bonds is 4. The Balaban J connectivity index is 1.37. The Morgan fingerprint density at radius 3 is 2.29 bits per heavy atom. The third kappa shape index (κ3) is 4.99. The van der Waals surface area contributed by atoms with Crippen molar-refractivity contribution in [2.75, 3.05) is 36.4 Å². The van der Waals surface area contributed by atoms with Gasteiger partial charge in [-0.25, -0.2) is 15.0 Å². The standard InChI is InChI=1S/C24H28N6O/c1-24(2,3)19-9-7-18(8-10-19)23(31)30-14-12-29(13-15-30)22-16-21(26-17-27-22)28-20-6-4-5-11-25-20/h4-11,16-17H,12-15H2,1-3H3,(H,25,26,27,28). The highest BCUT2D eigenvalue weighted by molar-refractivity contribution is 5.94. The van der Waals surface area contributed by atoms with Gasteiger partial charge >= 0.3 is 0 Å². The molecular formula is C24H28N6O. The predicted octanol–water partition coefficient (Wildman–Crippen LogP) is 3.88. The van der Waals surface area contributed by atoms with Crippen molar-refractivity contribution in [2.24, 2.45) is 0 Å². The molecule has 31 heavy (non-hydrogen) atoms. The molecule has 7 heteroatoms. The molecule has 2 aromatic heterocycles. The molecule has 3 aromatic rings. The third-order valence-electron chi connectivity index (χ3n) is 5.46. The molecule has 1 N–H and O–H groups in total. The van der Waals surface area contributed by atoms with Crippen LogP contribution in [0.5, 0.6) is 0 Å². The van der Waals surface area contributed by atoms with Gasteiger partial charge in [0.1, 0.15) is 23.8 Å². The molecule has 0 atom stereocenters. The number of piperazine rings is 1. The highest BCUT2D eigenvalue weighted by Crippen LogP contribution is 2.23. The Bertz CT molecular complexity index is 1020. The van der Waals surface area contributed by atoms with E-state index in [4.69, 9.17) is 0 Å². The molecule has 4 rings (SSSR count). The molecule has 0 radical (unpaired) electrons. The van der Waals surface area contributed by atoms with Crippen molar-refractivity contribution in [2.45, 2.75) is 26.2 Å². The fourth-order valence-electron chi connectivity index (χ4n) is 3.59. The normalized spacial score (nSPS) is 14.4. The monoisotopic (exact) mass is 416 g/mol. The largest absolute Gasteiger partial charge is 0.353 e. The number of carbonyl (C=O) groups excluding carboxylic acids is 1. The molecule has 3 heterocycles. The number of aromatic nitrogens is 3. The minimum atomic E-state index is 0.0784. The average Bonchev–Trinajstić information content (AvgIpc) is 2.79. The van der Waals surface area contributed by atoms with Gasteiger partial charge in [-0.05, 0) is 35.2 Å². The van der Waals surface area contributed by atoms with E-state index < -0.39 is 0 Å². The van der Waals surface area contributed by atoms with Crippen molar-refractivity contribution in [3.05, 3.63) is 72.2 Å². The van der Waals surface area contributed by atoms with E-state index in [1.165, 1.54) is 5.56 Å². The van der Waals surface area contributed by atoms with Crippen LogP contribution in [-0.4, -0.2) is 51.9 Å². The van der Waals surface area contributed by atoms with Crippen molar-refractivity contribution >= 4 is 23.4 Å². The topological polar surface area (TPSA) is 74.2 Å². The van der Waals surface area contributed by atoms with Gasteiger partial charge < -0.3 is 15.1 Å². The Kier molecular flexibility index (Phi) is 5.84. The molecule has 0 unspecified atom stereocenters. The number of hydrogen-bond donors (Lipinski definition) is 1. The number of amides is 1. The average molecular weight is 417 g/mol. The molecule has 1 saturated heterocycles. The maximum absolute atomic E-state index is 12.9.